The van der Waals surface area contributed by atoms with Crippen molar-refractivity contribution >= 4 is 39.7 Å². The summed E-state index contributed by atoms with van der Waals surface area (Å²) in [5, 5.41) is 12.3. The number of hydrogen-bond acceptors (Lipinski definition) is 4. The van der Waals surface area contributed by atoms with Gasteiger partial charge >= 0.3 is 5.97 Å². The Bertz CT molecular complexity index is 772. The number of aliphatic carboxylic acids is 1. The maximum absolute atomic E-state index is 12.5. The fourth-order valence-corrected chi connectivity index (χ4v) is 3.36. The van der Waals surface area contributed by atoms with Gasteiger partial charge < -0.3 is 15.4 Å². The van der Waals surface area contributed by atoms with Crippen molar-refractivity contribution in [3.63, 3.8) is 0 Å². The van der Waals surface area contributed by atoms with E-state index >= 15 is 0 Å². The summed E-state index contributed by atoms with van der Waals surface area (Å²) in [5.74, 6) is -1.54. The van der Waals surface area contributed by atoms with Crippen LogP contribution in [0.5, 0.6) is 0 Å². The Morgan fingerprint density at radius 2 is 2.00 bits per heavy atom. The van der Waals surface area contributed by atoms with E-state index in [9.17, 15) is 14.4 Å². The summed E-state index contributed by atoms with van der Waals surface area (Å²) in [5.41, 5.74) is 1.88. The summed E-state index contributed by atoms with van der Waals surface area (Å²) < 4.78 is 0. The number of nitrogens with one attached hydrogen (secondary N) is 2. The number of thioether (sulfide) groups is 1. The van der Waals surface area contributed by atoms with E-state index in [-0.39, 0.29) is 16.8 Å². The summed E-state index contributed by atoms with van der Waals surface area (Å²) in [4.78, 5) is 38.5. The van der Waals surface area contributed by atoms with Gasteiger partial charge in [-0.25, -0.2) is 0 Å². The monoisotopic (exact) mass is 376 g/mol. The van der Waals surface area contributed by atoms with Crippen molar-refractivity contribution in [2.24, 2.45) is 0 Å². The Kier molecular flexibility index (Phi) is 7.72. The molecule has 2 aromatic rings. The van der Waals surface area contributed by atoms with E-state index in [1.54, 1.807) is 0 Å². The first-order chi connectivity index (χ1) is 12.5. The normalized spacial score (nSPS) is 12.0. The maximum Gasteiger partial charge on any atom is 0.313 e. The Hall–Kier alpha value is -2.28. The molecule has 140 valence electrons. The van der Waals surface area contributed by atoms with Gasteiger partial charge in [0.25, 0.3) is 0 Å². The zero-order valence-electron chi connectivity index (χ0n) is 14.8. The average molecular weight is 376 g/mol. The molecule has 1 aromatic carbocycles. The van der Waals surface area contributed by atoms with E-state index < -0.39 is 12.0 Å². The van der Waals surface area contributed by atoms with E-state index in [0.717, 1.165) is 47.5 Å². The van der Waals surface area contributed by atoms with E-state index in [4.69, 9.17) is 5.11 Å². The van der Waals surface area contributed by atoms with Crippen molar-refractivity contribution in [1.82, 2.24) is 10.3 Å². The molecule has 0 aliphatic rings. The van der Waals surface area contributed by atoms with Gasteiger partial charge in [0.2, 0.25) is 11.0 Å². The molecule has 7 heteroatoms. The lowest BCUT2D eigenvalue weighted by Gasteiger charge is -2.17. The molecule has 0 aliphatic heterocycles. The summed E-state index contributed by atoms with van der Waals surface area (Å²) in [6.07, 6.45) is 5.28. The fourth-order valence-electron chi connectivity index (χ4n) is 2.75. The lowest BCUT2D eigenvalue weighted by atomic mass is 10.1. The van der Waals surface area contributed by atoms with Crippen molar-refractivity contribution in [1.29, 1.82) is 0 Å². The molecule has 0 aliphatic carbocycles. The molecule has 0 saturated heterocycles. The average Bonchev–Trinajstić information content (AvgIpc) is 3.02. The third-order valence-corrected chi connectivity index (χ3v) is 5.02. The molecule has 6 nitrogen and oxygen atoms in total. The second kappa shape index (κ2) is 10.0. The van der Waals surface area contributed by atoms with E-state index in [1.165, 1.54) is 0 Å². The van der Waals surface area contributed by atoms with E-state index in [0.29, 0.717) is 12.8 Å². The minimum Gasteiger partial charge on any atom is -0.481 e. The highest BCUT2D eigenvalue weighted by atomic mass is 32.2. The molecule has 1 aromatic heterocycles. The number of carbonyl (C=O) groups is 3. The highest BCUT2D eigenvalue weighted by Crippen LogP contribution is 2.21. The van der Waals surface area contributed by atoms with Gasteiger partial charge in [0.05, 0.1) is 5.75 Å². The first kappa shape index (κ1) is 20.0. The zero-order chi connectivity index (χ0) is 18.9. The SMILES string of the molecule is CCCCCC(=O)N[C@@H](Cc1c[nH]c2ccccc12)C(=O)SCC(=O)O. The number of fused-ring (bicyclic) bond motifs is 1. The Labute approximate surface area is 156 Å². The molecule has 1 heterocycles. The molecule has 26 heavy (non-hydrogen) atoms. The predicted molar refractivity (Wildman–Crippen MR) is 103 cm³/mol. The van der Waals surface area contributed by atoms with Crippen LogP contribution in [0.2, 0.25) is 0 Å². The van der Waals surface area contributed by atoms with Crippen LogP contribution in [0.25, 0.3) is 10.9 Å². The molecule has 0 unspecified atom stereocenters. The number of rotatable bonds is 10. The van der Waals surface area contributed by atoms with Gasteiger partial charge in [0, 0.05) is 29.9 Å². The third kappa shape index (κ3) is 5.91. The van der Waals surface area contributed by atoms with Gasteiger partial charge in [-0.2, -0.15) is 0 Å². The van der Waals surface area contributed by atoms with Gasteiger partial charge in [-0.05, 0) is 18.1 Å². The largest absolute Gasteiger partial charge is 0.481 e. The van der Waals surface area contributed by atoms with Gasteiger partial charge in [-0.15, -0.1) is 0 Å². The quantitative estimate of drug-likeness (QED) is 0.553. The Balaban J connectivity index is 2.10. The van der Waals surface area contributed by atoms with Crippen LogP contribution in [0.3, 0.4) is 0 Å². The fraction of sp³-hybridized carbons (Fsp3) is 0.421. The van der Waals surface area contributed by atoms with Gasteiger partial charge in [0.1, 0.15) is 6.04 Å². The number of unbranched alkanes of at least 4 members (excludes halogenated alkanes) is 2. The number of carbonyl (C=O) groups excluding carboxylic acids is 2. The lowest BCUT2D eigenvalue weighted by molar-refractivity contribution is -0.134. The highest BCUT2D eigenvalue weighted by molar-refractivity contribution is 8.14. The number of carboxylic acids is 1. The smallest absolute Gasteiger partial charge is 0.313 e. The Morgan fingerprint density at radius 3 is 2.73 bits per heavy atom. The lowest BCUT2D eigenvalue weighted by Crippen LogP contribution is -2.41. The Morgan fingerprint density at radius 1 is 1.23 bits per heavy atom. The standard InChI is InChI=1S/C19H24N2O4S/c1-2-3-4-9-17(22)21-16(19(25)26-12-18(23)24)10-13-11-20-15-8-6-5-7-14(13)15/h5-8,11,16,20H,2-4,9-10,12H2,1H3,(H,21,22)(H,23,24)/t16-/m0/s1. The molecule has 2 rings (SSSR count). The molecule has 1 amide bonds. The van der Waals surface area contributed by atoms with Crippen molar-refractivity contribution in [2.45, 2.75) is 45.1 Å². The highest BCUT2D eigenvalue weighted by Gasteiger charge is 2.23. The molecular formula is C19H24N2O4S. The number of aromatic amines is 1. The molecule has 3 N–H and O–H groups in total. The summed E-state index contributed by atoms with van der Waals surface area (Å²) in [6, 6.07) is 6.99. The number of H-pyrrole nitrogens is 1. The van der Waals surface area contributed by atoms with Crippen LogP contribution in [-0.2, 0) is 20.8 Å². The van der Waals surface area contributed by atoms with Gasteiger partial charge in [-0.3, -0.25) is 14.4 Å². The van der Waals surface area contributed by atoms with Crippen LogP contribution in [0, 0.1) is 0 Å². The zero-order valence-corrected chi connectivity index (χ0v) is 15.6. The van der Waals surface area contributed by atoms with Crippen molar-refractivity contribution in [3.05, 3.63) is 36.0 Å². The minimum absolute atomic E-state index is 0.174. The number of aromatic nitrogens is 1. The predicted octanol–water partition coefficient (Wildman–Crippen LogP) is 3.12. The molecule has 0 saturated carbocycles. The van der Waals surface area contributed by atoms with Crippen LogP contribution in [-0.4, -0.2) is 38.9 Å². The first-order valence-electron chi connectivity index (χ1n) is 8.74. The van der Waals surface area contributed by atoms with Gasteiger partial charge in [0.15, 0.2) is 0 Å². The van der Waals surface area contributed by atoms with E-state index in [1.807, 2.05) is 30.5 Å². The number of carboxylic acid groups (broad SMARTS) is 1. The molecule has 0 spiro atoms. The van der Waals surface area contributed by atoms with Crippen molar-refractivity contribution in [2.75, 3.05) is 5.75 Å². The number of hydrogen-bond donors (Lipinski definition) is 3. The summed E-state index contributed by atoms with van der Waals surface area (Å²) >= 11 is 0.727. The minimum atomic E-state index is -1.05. The third-order valence-electron chi connectivity index (χ3n) is 4.06. The topological polar surface area (TPSA) is 99.3 Å². The van der Waals surface area contributed by atoms with E-state index in [2.05, 4.69) is 17.2 Å². The first-order valence-corrected chi connectivity index (χ1v) is 9.72. The molecule has 0 bridgehead atoms. The maximum atomic E-state index is 12.5. The van der Waals surface area contributed by atoms with Crippen molar-refractivity contribution < 1.29 is 19.5 Å². The summed E-state index contributed by atoms with van der Waals surface area (Å²) in [7, 11) is 0. The second-order valence-electron chi connectivity index (χ2n) is 6.14. The number of para-hydroxylation sites is 1. The number of benzene rings is 1. The van der Waals surface area contributed by atoms with Crippen LogP contribution in [0.15, 0.2) is 30.5 Å². The van der Waals surface area contributed by atoms with Crippen LogP contribution >= 0.6 is 11.8 Å². The van der Waals surface area contributed by atoms with Crippen LogP contribution in [0.1, 0.15) is 38.2 Å². The number of amides is 1. The second-order valence-corrected chi connectivity index (χ2v) is 7.12. The molecule has 0 radical (unpaired) electrons. The van der Waals surface area contributed by atoms with Gasteiger partial charge in [-0.1, -0.05) is 49.7 Å². The molecule has 0 fully saturated rings. The van der Waals surface area contributed by atoms with Crippen LogP contribution < -0.4 is 5.32 Å². The molecule has 1 atom stereocenters. The van der Waals surface area contributed by atoms with Crippen LogP contribution in [0.4, 0.5) is 0 Å². The molecular weight excluding hydrogens is 352 g/mol. The summed E-state index contributed by atoms with van der Waals surface area (Å²) in [6.45, 7) is 2.06. The van der Waals surface area contributed by atoms with Crippen molar-refractivity contribution in [3.8, 4) is 0 Å².